The molecule has 0 spiro atoms. The van der Waals surface area contributed by atoms with Crippen molar-refractivity contribution in [1.29, 1.82) is 0 Å². The van der Waals surface area contributed by atoms with Crippen molar-refractivity contribution < 1.29 is 9.21 Å². The SMILES string of the molecule is CN=C(NCc1cccc(C(=O)NC(C)(C)C)c1)NCc1nc(C)c(C)o1.I. The third-order valence-electron chi connectivity index (χ3n) is 3.84. The summed E-state index contributed by atoms with van der Waals surface area (Å²) in [6.07, 6.45) is 0. The van der Waals surface area contributed by atoms with Crippen LogP contribution in [0.3, 0.4) is 0 Å². The van der Waals surface area contributed by atoms with E-state index in [1.54, 1.807) is 7.05 Å². The number of carbonyl (C=O) groups is 1. The summed E-state index contributed by atoms with van der Waals surface area (Å²) in [5.74, 6) is 1.99. The van der Waals surface area contributed by atoms with Crippen LogP contribution in [0.4, 0.5) is 0 Å². The second kappa shape index (κ2) is 10.4. The van der Waals surface area contributed by atoms with Crippen LogP contribution in [-0.2, 0) is 13.1 Å². The van der Waals surface area contributed by atoms with Crippen LogP contribution in [-0.4, -0.2) is 29.4 Å². The molecule has 1 aromatic heterocycles. The fourth-order valence-electron chi connectivity index (χ4n) is 2.42. The number of rotatable bonds is 5. The minimum absolute atomic E-state index is 0. The predicted octanol–water partition coefficient (Wildman–Crippen LogP) is 3.30. The first-order valence-electron chi connectivity index (χ1n) is 8.97. The Morgan fingerprint density at radius 1 is 1.18 bits per heavy atom. The number of benzene rings is 1. The maximum Gasteiger partial charge on any atom is 0.251 e. The molecule has 28 heavy (non-hydrogen) atoms. The molecule has 0 bridgehead atoms. The lowest BCUT2D eigenvalue weighted by molar-refractivity contribution is 0.0919. The minimum atomic E-state index is -0.270. The van der Waals surface area contributed by atoms with Crippen LogP contribution >= 0.6 is 24.0 Å². The van der Waals surface area contributed by atoms with Gasteiger partial charge in [-0.15, -0.1) is 24.0 Å². The molecule has 0 aliphatic carbocycles. The highest BCUT2D eigenvalue weighted by molar-refractivity contribution is 14.0. The molecule has 0 aliphatic rings. The third kappa shape index (κ3) is 7.49. The number of carbonyl (C=O) groups excluding carboxylic acids is 1. The highest BCUT2D eigenvalue weighted by Crippen LogP contribution is 2.09. The number of hydrogen-bond donors (Lipinski definition) is 3. The van der Waals surface area contributed by atoms with Crippen LogP contribution in [0.1, 0.15) is 54.0 Å². The van der Waals surface area contributed by atoms with Crippen LogP contribution in [0.25, 0.3) is 0 Å². The second-order valence-corrected chi connectivity index (χ2v) is 7.43. The molecule has 1 amide bonds. The van der Waals surface area contributed by atoms with E-state index in [2.05, 4.69) is 25.9 Å². The Morgan fingerprint density at radius 3 is 2.43 bits per heavy atom. The Balaban J connectivity index is 0.00000392. The summed E-state index contributed by atoms with van der Waals surface area (Å²) in [6, 6.07) is 7.53. The molecule has 1 heterocycles. The van der Waals surface area contributed by atoms with Crippen LogP contribution in [0.5, 0.6) is 0 Å². The summed E-state index contributed by atoms with van der Waals surface area (Å²) < 4.78 is 5.55. The molecule has 154 valence electrons. The van der Waals surface area contributed by atoms with E-state index in [4.69, 9.17) is 4.42 Å². The molecule has 0 radical (unpaired) electrons. The summed E-state index contributed by atoms with van der Waals surface area (Å²) in [4.78, 5) is 20.8. The first kappa shape index (κ1) is 23.9. The summed E-state index contributed by atoms with van der Waals surface area (Å²) in [5, 5.41) is 9.37. The molecule has 0 aliphatic heterocycles. The topological polar surface area (TPSA) is 91.5 Å². The molecule has 0 fully saturated rings. The number of amides is 1. The maximum absolute atomic E-state index is 12.3. The van der Waals surface area contributed by atoms with Crippen molar-refractivity contribution in [3.8, 4) is 0 Å². The van der Waals surface area contributed by atoms with Crippen molar-refractivity contribution in [1.82, 2.24) is 20.9 Å². The molecule has 0 atom stereocenters. The Hall–Kier alpha value is -2.10. The van der Waals surface area contributed by atoms with E-state index in [9.17, 15) is 4.79 Å². The molecule has 0 unspecified atom stereocenters. The van der Waals surface area contributed by atoms with Gasteiger partial charge in [0.1, 0.15) is 5.76 Å². The summed E-state index contributed by atoms with van der Waals surface area (Å²) >= 11 is 0. The highest BCUT2D eigenvalue weighted by atomic mass is 127. The zero-order valence-corrected chi connectivity index (χ0v) is 19.7. The smallest absolute Gasteiger partial charge is 0.251 e. The zero-order valence-electron chi connectivity index (χ0n) is 17.3. The van der Waals surface area contributed by atoms with Gasteiger partial charge in [0.25, 0.3) is 5.91 Å². The van der Waals surface area contributed by atoms with Gasteiger partial charge in [0.2, 0.25) is 5.89 Å². The Kier molecular flexibility index (Phi) is 8.93. The minimum Gasteiger partial charge on any atom is -0.444 e. The van der Waals surface area contributed by atoms with Crippen molar-refractivity contribution >= 4 is 35.8 Å². The molecular formula is C20H30IN5O2. The second-order valence-electron chi connectivity index (χ2n) is 7.43. The van der Waals surface area contributed by atoms with E-state index in [1.807, 2.05) is 58.9 Å². The molecule has 3 N–H and O–H groups in total. The van der Waals surface area contributed by atoms with E-state index in [0.717, 1.165) is 17.0 Å². The van der Waals surface area contributed by atoms with E-state index in [-0.39, 0.29) is 35.4 Å². The van der Waals surface area contributed by atoms with Crippen molar-refractivity contribution in [2.75, 3.05) is 7.05 Å². The van der Waals surface area contributed by atoms with Gasteiger partial charge in [-0.25, -0.2) is 4.98 Å². The number of hydrogen-bond acceptors (Lipinski definition) is 4. The summed E-state index contributed by atoms with van der Waals surface area (Å²) in [7, 11) is 1.70. The first-order chi connectivity index (χ1) is 12.7. The Morgan fingerprint density at radius 2 is 1.86 bits per heavy atom. The van der Waals surface area contributed by atoms with E-state index in [0.29, 0.717) is 30.5 Å². The van der Waals surface area contributed by atoms with Gasteiger partial charge in [-0.3, -0.25) is 9.79 Å². The lowest BCUT2D eigenvalue weighted by atomic mass is 10.1. The fourth-order valence-corrected chi connectivity index (χ4v) is 2.42. The van der Waals surface area contributed by atoms with Crippen molar-refractivity contribution in [3.63, 3.8) is 0 Å². The van der Waals surface area contributed by atoms with Gasteiger partial charge in [-0.05, 0) is 52.3 Å². The zero-order chi connectivity index (χ0) is 20.0. The molecule has 7 nitrogen and oxygen atoms in total. The number of nitrogens with zero attached hydrogens (tertiary/aromatic N) is 2. The molecule has 2 aromatic rings. The standard InChI is InChI=1S/C20H29N5O2.HI/c1-13-14(2)27-17(24-13)12-23-19(21-6)22-11-15-8-7-9-16(10-15)18(26)25-20(3,4)5;/h7-10H,11-12H2,1-6H3,(H,25,26)(H2,21,22,23);1H. The van der Waals surface area contributed by atoms with Gasteiger partial charge in [-0.2, -0.15) is 0 Å². The molecule has 0 saturated carbocycles. The van der Waals surface area contributed by atoms with Crippen molar-refractivity contribution in [2.45, 2.75) is 53.2 Å². The number of guanidine groups is 1. The Bertz CT molecular complexity index is 805. The monoisotopic (exact) mass is 499 g/mol. The van der Waals surface area contributed by atoms with Crippen molar-refractivity contribution in [3.05, 3.63) is 52.7 Å². The third-order valence-corrected chi connectivity index (χ3v) is 3.84. The van der Waals surface area contributed by atoms with E-state index in [1.165, 1.54) is 0 Å². The highest BCUT2D eigenvalue weighted by Gasteiger charge is 2.15. The molecule has 2 rings (SSSR count). The first-order valence-corrected chi connectivity index (χ1v) is 8.97. The van der Waals surface area contributed by atoms with Crippen LogP contribution in [0.2, 0.25) is 0 Å². The lowest BCUT2D eigenvalue weighted by Gasteiger charge is -2.20. The summed E-state index contributed by atoms with van der Waals surface area (Å²) in [6.45, 7) is 10.7. The Labute approximate surface area is 183 Å². The van der Waals surface area contributed by atoms with E-state index >= 15 is 0 Å². The molecular weight excluding hydrogens is 469 g/mol. The van der Waals surface area contributed by atoms with Gasteiger partial charge in [-0.1, -0.05) is 12.1 Å². The van der Waals surface area contributed by atoms with Gasteiger partial charge in [0, 0.05) is 24.7 Å². The normalized spacial score (nSPS) is 11.6. The van der Waals surface area contributed by atoms with Gasteiger partial charge in [0.15, 0.2) is 5.96 Å². The number of aryl methyl sites for hydroxylation is 2. The number of aromatic nitrogens is 1. The lowest BCUT2D eigenvalue weighted by Crippen LogP contribution is -2.40. The molecule has 8 heteroatoms. The largest absolute Gasteiger partial charge is 0.444 e. The maximum atomic E-state index is 12.3. The van der Waals surface area contributed by atoms with Crippen LogP contribution < -0.4 is 16.0 Å². The van der Waals surface area contributed by atoms with E-state index < -0.39 is 0 Å². The molecule has 1 aromatic carbocycles. The molecule has 0 saturated heterocycles. The van der Waals surface area contributed by atoms with Gasteiger partial charge < -0.3 is 20.4 Å². The van der Waals surface area contributed by atoms with Crippen LogP contribution in [0.15, 0.2) is 33.7 Å². The fraction of sp³-hybridized carbons (Fsp3) is 0.450. The van der Waals surface area contributed by atoms with Gasteiger partial charge >= 0.3 is 0 Å². The number of oxazole rings is 1. The van der Waals surface area contributed by atoms with Gasteiger partial charge in [0.05, 0.1) is 12.2 Å². The van der Waals surface area contributed by atoms with Crippen LogP contribution in [0, 0.1) is 13.8 Å². The van der Waals surface area contributed by atoms with Crippen molar-refractivity contribution in [2.24, 2.45) is 4.99 Å². The average Bonchev–Trinajstić information content (AvgIpc) is 2.92. The average molecular weight is 499 g/mol. The number of aliphatic imine (C=N–C) groups is 1. The number of nitrogens with one attached hydrogen (secondary N) is 3. The predicted molar refractivity (Wildman–Crippen MR) is 122 cm³/mol. The summed E-state index contributed by atoms with van der Waals surface area (Å²) in [5.41, 5.74) is 2.24. The quantitative estimate of drug-likeness (QED) is 0.334. The number of halogens is 1.